The average molecular weight is 337 g/mol. The van der Waals surface area contributed by atoms with Gasteiger partial charge in [-0.3, -0.25) is 0 Å². The van der Waals surface area contributed by atoms with Gasteiger partial charge in [0.15, 0.2) is 5.82 Å². The number of tetrazole rings is 1. The van der Waals surface area contributed by atoms with Crippen LogP contribution in [0.3, 0.4) is 0 Å². The largest absolute Gasteiger partial charge is 0.392 e. The predicted molar refractivity (Wildman–Crippen MR) is 92.9 cm³/mol. The molecule has 128 valence electrons. The summed E-state index contributed by atoms with van der Waals surface area (Å²) in [6.07, 6.45) is 0.498. The SMILES string of the molecule is CN(C)C(=O)n1nnc(Cc2ccc(-c3cccc(CO)c3)cc2)n1. The van der Waals surface area contributed by atoms with Crippen molar-refractivity contribution in [1.29, 1.82) is 0 Å². The topological polar surface area (TPSA) is 84.1 Å². The molecule has 3 aromatic rings. The lowest BCUT2D eigenvalue weighted by Gasteiger charge is -2.06. The van der Waals surface area contributed by atoms with Crippen molar-refractivity contribution in [2.75, 3.05) is 14.1 Å². The molecule has 0 atom stereocenters. The maximum Gasteiger partial charge on any atom is 0.362 e. The van der Waals surface area contributed by atoms with E-state index in [4.69, 9.17) is 0 Å². The van der Waals surface area contributed by atoms with E-state index in [2.05, 4.69) is 15.4 Å². The number of carbonyl (C=O) groups excluding carboxylic acids is 1. The lowest BCUT2D eigenvalue weighted by Crippen LogP contribution is -2.29. The summed E-state index contributed by atoms with van der Waals surface area (Å²) in [7, 11) is 3.27. The van der Waals surface area contributed by atoms with Gasteiger partial charge in [-0.05, 0) is 33.5 Å². The van der Waals surface area contributed by atoms with Crippen LogP contribution in [-0.4, -0.2) is 50.3 Å². The quantitative estimate of drug-likeness (QED) is 0.787. The highest BCUT2D eigenvalue weighted by Crippen LogP contribution is 2.21. The van der Waals surface area contributed by atoms with Crippen LogP contribution >= 0.6 is 0 Å². The Morgan fingerprint density at radius 3 is 2.52 bits per heavy atom. The van der Waals surface area contributed by atoms with E-state index in [-0.39, 0.29) is 12.6 Å². The predicted octanol–water partition coefficient (Wildman–Crippen LogP) is 1.95. The van der Waals surface area contributed by atoms with Crippen LogP contribution in [-0.2, 0) is 13.0 Å². The molecule has 25 heavy (non-hydrogen) atoms. The first-order chi connectivity index (χ1) is 12.1. The zero-order valence-corrected chi connectivity index (χ0v) is 14.1. The third-order valence-corrected chi connectivity index (χ3v) is 3.77. The summed E-state index contributed by atoms with van der Waals surface area (Å²) in [5.41, 5.74) is 4.03. The second-order valence-electron chi connectivity index (χ2n) is 5.90. The Morgan fingerprint density at radius 1 is 1.08 bits per heavy atom. The molecule has 0 radical (unpaired) electrons. The van der Waals surface area contributed by atoms with Crippen molar-refractivity contribution in [3.8, 4) is 11.1 Å². The van der Waals surface area contributed by atoms with Gasteiger partial charge in [-0.1, -0.05) is 47.3 Å². The standard InChI is InChI=1S/C18H19N5O2/c1-22(2)18(25)23-20-17(19-21-23)11-13-6-8-15(9-7-13)16-5-3-4-14(10-16)12-24/h3-10,24H,11-12H2,1-2H3. The summed E-state index contributed by atoms with van der Waals surface area (Å²) in [5, 5.41) is 21.1. The van der Waals surface area contributed by atoms with Crippen LogP contribution < -0.4 is 0 Å². The van der Waals surface area contributed by atoms with Crippen molar-refractivity contribution in [1.82, 2.24) is 25.1 Å². The molecule has 0 saturated carbocycles. The van der Waals surface area contributed by atoms with Gasteiger partial charge in [0.05, 0.1) is 6.61 Å². The molecule has 0 unspecified atom stereocenters. The Hall–Kier alpha value is -3.06. The van der Waals surface area contributed by atoms with Crippen molar-refractivity contribution in [3.63, 3.8) is 0 Å². The third-order valence-electron chi connectivity index (χ3n) is 3.77. The van der Waals surface area contributed by atoms with Crippen LogP contribution in [0.1, 0.15) is 17.0 Å². The van der Waals surface area contributed by atoms with Crippen LogP contribution in [0.25, 0.3) is 11.1 Å². The fourth-order valence-electron chi connectivity index (χ4n) is 2.42. The van der Waals surface area contributed by atoms with Crippen LogP contribution in [0.5, 0.6) is 0 Å². The van der Waals surface area contributed by atoms with Crippen molar-refractivity contribution in [2.45, 2.75) is 13.0 Å². The first kappa shape index (κ1) is 16.8. The lowest BCUT2D eigenvalue weighted by molar-refractivity contribution is 0.211. The molecule has 0 saturated heterocycles. The van der Waals surface area contributed by atoms with Gasteiger partial charge < -0.3 is 10.0 Å². The van der Waals surface area contributed by atoms with E-state index in [1.165, 1.54) is 4.90 Å². The van der Waals surface area contributed by atoms with E-state index in [9.17, 15) is 9.90 Å². The number of benzene rings is 2. The van der Waals surface area contributed by atoms with Gasteiger partial charge in [-0.25, -0.2) is 4.79 Å². The van der Waals surface area contributed by atoms with E-state index >= 15 is 0 Å². The molecular formula is C18H19N5O2. The molecule has 7 heteroatoms. The summed E-state index contributed by atoms with van der Waals surface area (Å²) in [6, 6.07) is 15.5. The number of aliphatic hydroxyl groups is 1. The molecular weight excluding hydrogens is 318 g/mol. The zero-order chi connectivity index (χ0) is 17.8. The maximum absolute atomic E-state index is 11.8. The van der Waals surface area contributed by atoms with Gasteiger partial charge in [0.2, 0.25) is 0 Å². The molecule has 0 aliphatic heterocycles. The minimum atomic E-state index is -0.335. The average Bonchev–Trinajstić information content (AvgIpc) is 3.10. The van der Waals surface area contributed by atoms with Crippen LogP contribution in [0, 0.1) is 0 Å². The number of aliphatic hydroxyl groups excluding tert-OH is 1. The van der Waals surface area contributed by atoms with Crippen LogP contribution in [0.2, 0.25) is 0 Å². The molecule has 1 aromatic heterocycles. The number of amides is 1. The normalized spacial score (nSPS) is 10.7. The number of hydrogen-bond acceptors (Lipinski definition) is 5. The van der Waals surface area contributed by atoms with Gasteiger partial charge in [-0.2, -0.15) is 0 Å². The molecule has 2 aromatic carbocycles. The van der Waals surface area contributed by atoms with Gasteiger partial charge in [0.1, 0.15) is 0 Å². The molecule has 7 nitrogen and oxygen atoms in total. The number of rotatable bonds is 4. The Kier molecular flexibility index (Phi) is 4.85. The molecule has 0 spiro atoms. The minimum Gasteiger partial charge on any atom is -0.392 e. The fraction of sp³-hybridized carbons (Fsp3) is 0.222. The highest BCUT2D eigenvalue weighted by Gasteiger charge is 2.12. The second-order valence-corrected chi connectivity index (χ2v) is 5.90. The molecule has 3 rings (SSSR count). The molecule has 0 aliphatic carbocycles. The van der Waals surface area contributed by atoms with Crippen molar-refractivity contribution < 1.29 is 9.90 Å². The van der Waals surface area contributed by atoms with Crippen molar-refractivity contribution in [3.05, 3.63) is 65.5 Å². The first-order valence-corrected chi connectivity index (χ1v) is 7.86. The summed E-state index contributed by atoms with van der Waals surface area (Å²) < 4.78 is 0. The van der Waals surface area contributed by atoms with Gasteiger partial charge in [0, 0.05) is 20.5 Å². The lowest BCUT2D eigenvalue weighted by atomic mass is 10.0. The van der Waals surface area contributed by atoms with Crippen LogP contribution in [0.4, 0.5) is 4.79 Å². The number of aromatic nitrogens is 4. The highest BCUT2D eigenvalue weighted by molar-refractivity contribution is 5.74. The van der Waals surface area contributed by atoms with Crippen molar-refractivity contribution in [2.24, 2.45) is 0 Å². The highest BCUT2D eigenvalue weighted by atomic mass is 16.3. The monoisotopic (exact) mass is 337 g/mol. The van der Waals surface area contributed by atoms with Crippen molar-refractivity contribution >= 4 is 6.03 Å². The maximum atomic E-state index is 11.8. The Morgan fingerprint density at radius 2 is 1.84 bits per heavy atom. The van der Waals surface area contributed by atoms with E-state index in [1.54, 1.807) is 14.1 Å². The number of nitrogens with zero attached hydrogens (tertiary/aromatic N) is 5. The van der Waals surface area contributed by atoms with E-state index in [0.29, 0.717) is 12.2 Å². The molecule has 1 amide bonds. The van der Waals surface area contributed by atoms with E-state index in [1.807, 2.05) is 48.5 Å². The van der Waals surface area contributed by atoms with Gasteiger partial charge in [0.25, 0.3) is 0 Å². The molecule has 1 heterocycles. The molecule has 0 fully saturated rings. The first-order valence-electron chi connectivity index (χ1n) is 7.86. The smallest absolute Gasteiger partial charge is 0.362 e. The van der Waals surface area contributed by atoms with E-state index in [0.717, 1.165) is 27.1 Å². The van der Waals surface area contributed by atoms with E-state index < -0.39 is 0 Å². The third kappa shape index (κ3) is 3.89. The Bertz CT molecular complexity index is 871. The van der Waals surface area contributed by atoms with Crippen LogP contribution in [0.15, 0.2) is 48.5 Å². The summed E-state index contributed by atoms with van der Waals surface area (Å²) in [4.78, 5) is 14.1. The molecule has 1 N–H and O–H groups in total. The summed E-state index contributed by atoms with van der Waals surface area (Å²) in [5.74, 6) is 0.491. The zero-order valence-electron chi connectivity index (χ0n) is 14.1. The number of carbonyl (C=O) groups is 1. The fourth-order valence-corrected chi connectivity index (χ4v) is 2.42. The summed E-state index contributed by atoms with van der Waals surface area (Å²) in [6.45, 7) is 0.0267. The number of hydrogen-bond donors (Lipinski definition) is 1. The summed E-state index contributed by atoms with van der Waals surface area (Å²) >= 11 is 0. The minimum absolute atomic E-state index is 0.0267. The van der Waals surface area contributed by atoms with Gasteiger partial charge in [-0.15, -0.1) is 10.2 Å². The molecule has 0 bridgehead atoms. The van der Waals surface area contributed by atoms with Gasteiger partial charge >= 0.3 is 6.03 Å². The second kappa shape index (κ2) is 7.23. The Balaban J connectivity index is 1.73. The molecule has 0 aliphatic rings. The Labute approximate surface area is 145 Å².